The lowest BCUT2D eigenvalue weighted by Gasteiger charge is -2.08. The van der Waals surface area contributed by atoms with Gasteiger partial charge in [-0.2, -0.15) is 0 Å². The first-order valence-corrected chi connectivity index (χ1v) is 5.56. The summed E-state index contributed by atoms with van der Waals surface area (Å²) >= 11 is 3.36. The summed E-state index contributed by atoms with van der Waals surface area (Å²) in [6, 6.07) is 5.50. The molecule has 1 aromatic carbocycles. The van der Waals surface area contributed by atoms with Crippen LogP contribution in [0.15, 0.2) is 22.7 Å². The van der Waals surface area contributed by atoms with Gasteiger partial charge in [-0.3, -0.25) is 9.59 Å². The average molecular weight is 286 g/mol. The largest absolute Gasteiger partial charge is 0.481 e. The number of carbonyl (C=O) groups excluding carboxylic acids is 1. The zero-order valence-corrected chi connectivity index (χ0v) is 10.4. The summed E-state index contributed by atoms with van der Waals surface area (Å²) < 4.78 is 0.818. The van der Waals surface area contributed by atoms with Crippen molar-refractivity contribution >= 4 is 33.5 Å². The number of nitrogens with one attached hydrogen (secondary N) is 1. The van der Waals surface area contributed by atoms with Crippen molar-refractivity contribution in [2.24, 2.45) is 0 Å². The highest BCUT2D eigenvalue weighted by Crippen LogP contribution is 2.25. The lowest BCUT2D eigenvalue weighted by Crippen LogP contribution is -2.13. The third-order valence-electron chi connectivity index (χ3n) is 2.03. The van der Waals surface area contributed by atoms with Gasteiger partial charge in [0.05, 0.1) is 12.1 Å². The fraction of sp³-hybridized carbons (Fsp3) is 0.273. The molecule has 0 bridgehead atoms. The number of halogens is 1. The van der Waals surface area contributed by atoms with E-state index in [0.29, 0.717) is 5.69 Å². The highest BCUT2D eigenvalue weighted by atomic mass is 79.9. The average Bonchev–Trinajstić information content (AvgIpc) is 2.22. The van der Waals surface area contributed by atoms with Crippen molar-refractivity contribution in [3.05, 3.63) is 28.2 Å². The van der Waals surface area contributed by atoms with Gasteiger partial charge in [0.25, 0.3) is 0 Å². The number of aliphatic carboxylic acids is 1. The van der Waals surface area contributed by atoms with Crippen LogP contribution in [0.2, 0.25) is 0 Å². The van der Waals surface area contributed by atoms with Crippen molar-refractivity contribution in [2.75, 3.05) is 5.32 Å². The Balaban J connectivity index is 2.63. The summed E-state index contributed by atoms with van der Waals surface area (Å²) in [6.45, 7) is 1.91. The second-order valence-corrected chi connectivity index (χ2v) is 4.17. The second-order valence-electron chi connectivity index (χ2n) is 3.38. The van der Waals surface area contributed by atoms with Crippen molar-refractivity contribution in [2.45, 2.75) is 19.8 Å². The molecular weight excluding hydrogens is 274 g/mol. The number of rotatable bonds is 4. The van der Waals surface area contributed by atoms with Crippen LogP contribution in [-0.2, 0) is 9.59 Å². The van der Waals surface area contributed by atoms with E-state index in [0.717, 1.165) is 10.0 Å². The van der Waals surface area contributed by atoms with Crippen LogP contribution in [0.1, 0.15) is 18.4 Å². The summed E-state index contributed by atoms with van der Waals surface area (Å²) in [5, 5.41) is 11.1. The van der Waals surface area contributed by atoms with Crippen LogP contribution in [0.4, 0.5) is 5.69 Å². The number of anilines is 1. The molecule has 1 amide bonds. The molecule has 2 N–H and O–H groups in total. The van der Waals surface area contributed by atoms with Gasteiger partial charge < -0.3 is 10.4 Å². The van der Waals surface area contributed by atoms with Gasteiger partial charge >= 0.3 is 5.97 Å². The quantitative estimate of drug-likeness (QED) is 0.894. The summed E-state index contributed by atoms with van der Waals surface area (Å²) in [5.74, 6) is -1.27. The Morgan fingerprint density at radius 1 is 1.38 bits per heavy atom. The maximum absolute atomic E-state index is 11.4. The first-order chi connectivity index (χ1) is 7.50. The van der Waals surface area contributed by atoms with E-state index in [1.54, 1.807) is 6.07 Å². The Labute approximate surface area is 102 Å². The smallest absolute Gasteiger partial charge is 0.303 e. The van der Waals surface area contributed by atoms with E-state index in [2.05, 4.69) is 21.2 Å². The summed E-state index contributed by atoms with van der Waals surface area (Å²) in [4.78, 5) is 21.7. The number of aryl methyl sites for hydroxylation is 1. The van der Waals surface area contributed by atoms with Crippen molar-refractivity contribution in [3.63, 3.8) is 0 Å². The molecule has 86 valence electrons. The third kappa shape index (κ3) is 3.66. The molecule has 0 aliphatic heterocycles. The third-order valence-corrected chi connectivity index (χ3v) is 3.08. The molecule has 5 heteroatoms. The second kappa shape index (κ2) is 5.65. The van der Waals surface area contributed by atoms with Crippen LogP contribution in [-0.4, -0.2) is 17.0 Å². The molecule has 0 fully saturated rings. The molecule has 0 atom stereocenters. The van der Waals surface area contributed by atoms with Crippen LogP contribution < -0.4 is 5.32 Å². The van der Waals surface area contributed by atoms with Gasteiger partial charge in [0.2, 0.25) is 5.91 Å². The monoisotopic (exact) mass is 285 g/mol. The minimum absolute atomic E-state index is 0.0181. The molecule has 16 heavy (non-hydrogen) atoms. The Morgan fingerprint density at radius 2 is 2.06 bits per heavy atom. The predicted molar refractivity (Wildman–Crippen MR) is 64.4 cm³/mol. The Morgan fingerprint density at radius 3 is 2.69 bits per heavy atom. The van der Waals surface area contributed by atoms with E-state index in [-0.39, 0.29) is 18.7 Å². The molecule has 0 aromatic heterocycles. The number of benzene rings is 1. The van der Waals surface area contributed by atoms with Crippen LogP contribution in [0, 0.1) is 6.92 Å². The maximum atomic E-state index is 11.4. The Hall–Kier alpha value is -1.36. The number of hydrogen-bond acceptors (Lipinski definition) is 2. The van der Waals surface area contributed by atoms with Crippen molar-refractivity contribution in [1.82, 2.24) is 0 Å². The highest BCUT2D eigenvalue weighted by molar-refractivity contribution is 9.10. The predicted octanol–water partition coefficient (Wildman–Crippen LogP) is 2.56. The van der Waals surface area contributed by atoms with Crippen LogP contribution in [0.3, 0.4) is 0 Å². The molecule has 0 aliphatic rings. The molecule has 0 saturated heterocycles. The molecule has 0 radical (unpaired) electrons. The summed E-state index contributed by atoms with van der Waals surface area (Å²) in [5.41, 5.74) is 1.67. The fourth-order valence-corrected chi connectivity index (χ4v) is 1.54. The molecule has 1 aromatic rings. The topological polar surface area (TPSA) is 66.4 Å². The molecule has 0 aliphatic carbocycles. The molecule has 0 spiro atoms. The molecular formula is C11H12BrNO3. The minimum atomic E-state index is -0.974. The van der Waals surface area contributed by atoms with E-state index in [9.17, 15) is 9.59 Å². The number of amides is 1. The van der Waals surface area contributed by atoms with E-state index in [4.69, 9.17) is 5.11 Å². The minimum Gasteiger partial charge on any atom is -0.481 e. The molecule has 1 rings (SSSR count). The zero-order chi connectivity index (χ0) is 12.1. The normalized spacial score (nSPS) is 9.88. The van der Waals surface area contributed by atoms with E-state index >= 15 is 0 Å². The van der Waals surface area contributed by atoms with Crippen LogP contribution in [0.25, 0.3) is 0 Å². The van der Waals surface area contributed by atoms with E-state index in [1.807, 2.05) is 19.1 Å². The van der Waals surface area contributed by atoms with Crippen molar-refractivity contribution < 1.29 is 14.7 Å². The van der Waals surface area contributed by atoms with Gasteiger partial charge in [-0.25, -0.2) is 0 Å². The first-order valence-electron chi connectivity index (χ1n) is 4.77. The van der Waals surface area contributed by atoms with Gasteiger partial charge in [-0.15, -0.1) is 0 Å². The number of hydrogen-bond donors (Lipinski definition) is 2. The number of carboxylic acid groups (broad SMARTS) is 1. The number of carboxylic acids is 1. The lowest BCUT2D eigenvalue weighted by atomic mass is 10.2. The molecule has 0 saturated carbocycles. The van der Waals surface area contributed by atoms with E-state index in [1.165, 1.54) is 0 Å². The Kier molecular flexibility index (Phi) is 4.49. The SMILES string of the molecule is Cc1cccc(NC(=O)CCC(=O)O)c1Br. The number of carbonyl (C=O) groups is 2. The van der Waals surface area contributed by atoms with Crippen LogP contribution >= 0.6 is 15.9 Å². The Bertz CT molecular complexity index is 418. The van der Waals surface area contributed by atoms with E-state index < -0.39 is 5.97 Å². The van der Waals surface area contributed by atoms with Gasteiger partial charge in [0.1, 0.15) is 0 Å². The van der Waals surface area contributed by atoms with Gasteiger partial charge in [-0.05, 0) is 34.5 Å². The fourth-order valence-electron chi connectivity index (χ4n) is 1.18. The summed E-state index contributed by atoms with van der Waals surface area (Å²) in [6.07, 6.45) is -0.176. The summed E-state index contributed by atoms with van der Waals surface area (Å²) in [7, 11) is 0. The first kappa shape index (κ1) is 12.7. The lowest BCUT2D eigenvalue weighted by molar-refractivity contribution is -0.138. The maximum Gasteiger partial charge on any atom is 0.303 e. The molecule has 0 unspecified atom stereocenters. The molecule has 0 heterocycles. The van der Waals surface area contributed by atoms with Gasteiger partial charge in [-0.1, -0.05) is 12.1 Å². The van der Waals surface area contributed by atoms with Gasteiger partial charge in [0, 0.05) is 10.9 Å². The van der Waals surface area contributed by atoms with Crippen molar-refractivity contribution in [1.29, 1.82) is 0 Å². The standard InChI is InChI=1S/C11H12BrNO3/c1-7-3-2-4-8(11(7)12)13-9(14)5-6-10(15)16/h2-4H,5-6H2,1H3,(H,13,14)(H,15,16). The van der Waals surface area contributed by atoms with Crippen LogP contribution in [0.5, 0.6) is 0 Å². The van der Waals surface area contributed by atoms with Gasteiger partial charge in [0.15, 0.2) is 0 Å². The highest BCUT2D eigenvalue weighted by Gasteiger charge is 2.08. The molecule has 4 nitrogen and oxygen atoms in total. The zero-order valence-electron chi connectivity index (χ0n) is 8.79. The van der Waals surface area contributed by atoms with Crippen molar-refractivity contribution in [3.8, 4) is 0 Å².